The Morgan fingerprint density at radius 1 is 1.14 bits per heavy atom. The van der Waals surface area contributed by atoms with Gasteiger partial charge in [0.15, 0.2) is 5.69 Å². The third-order valence-electron chi connectivity index (χ3n) is 4.72. The Morgan fingerprint density at radius 3 is 2.59 bits per heavy atom. The fourth-order valence-electron chi connectivity index (χ4n) is 3.29. The molecular weight excluding hydrogens is 409 g/mol. The molecule has 1 fully saturated rings. The number of nitrogens with zero attached hydrogens (tertiary/aromatic N) is 6. The molecule has 0 unspecified atom stereocenters. The number of amides is 1. The summed E-state index contributed by atoms with van der Waals surface area (Å²) in [5.41, 5.74) is -0.203. The van der Waals surface area contributed by atoms with Crippen LogP contribution in [0.15, 0.2) is 36.7 Å². The van der Waals surface area contributed by atoms with Crippen LogP contribution in [0.3, 0.4) is 0 Å². The van der Waals surface area contributed by atoms with Crippen molar-refractivity contribution in [2.24, 2.45) is 0 Å². The molecule has 0 atom stereocenters. The summed E-state index contributed by atoms with van der Waals surface area (Å²) in [5, 5.41) is 4.54. The van der Waals surface area contributed by atoms with Crippen LogP contribution in [0.4, 0.5) is 19.0 Å². The minimum atomic E-state index is -4.59. The van der Waals surface area contributed by atoms with Crippen LogP contribution in [0, 0.1) is 0 Å². The zero-order chi connectivity index (χ0) is 20.6. The number of carbonyl (C=O) groups excluding carboxylic acids is 1. The van der Waals surface area contributed by atoms with Crippen molar-refractivity contribution in [3.05, 3.63) is 52.9 Å². The average Bonchev–Trinajstić information content (AvgIpc) is 3.15. The molecule has 1 aromatic carbocycles. The lowest BCUT2D eigenvalue weighted by molar-refractivity contribution is -0.141. The molecule has 0 radical (unpaired) electrons. The van der Waals surface area contributed by atoms with E-state index in [4.69, 9.17) is 11.6 Å². The minimum Gasteiger partial charge on any atom is -0.353 e. The van der Waals surface area contributed by atoms with Crippen LogP contribution in [0.25, 0.3) is 5.78 Å². The third kappa shape index (κ3) is 4.12. The first-order valence-corrected chi connectivity index (χ1v) is 9.24. The molecule has 7 nitrogen and oxygen atoms in total. The molecule has 0 spiro atoms. The van der Waals surface area contributed by atoms with E-state index in [1.165, 1.54) is 4.52 Å². The molecule has 1 saturated heterocycles. The molecule has 0 saturated carbocycles. The van der Waals surface area contributed by atoms with E-state index in [2.05, 4.69) is 15.1 Å². The van der Waals surface area contributed by atoms with Gasteiger partial charge in [0.2, 0.25) is 5.91 Å². The number of hydrogen-bond acceptors (Lipinski definition) is 5. The van der Waals surface area contributed by atoms with Gasteiger partial charge in [0.25, 0.3) is 5.78 Å². The SMILES string of the molecule is O=C(Cc1cccc(Cl)c1)N1CCN(c2cc(C(F)(F)F)nc3ncnn23)CC1. The number of alkyl halides is 3. The molecule has 11 heteroatoms. The van der Waals surface area contributed by atoms with E-state index in [1.54, 1.807) is 28.0 Å². The van der Waals surface area contributed by atoms with Crippen molar-refractivity contribution in [1.82, 2.24) is 24.5 Å². The van der Waals surface area contributed by atoms with E-state index in [-0.39, 0.29) is 23.9 Å². The van der Waals surface area contributed by atoms with Gasteiger partial charge in [-0.05, 0) is 17.7 Å². The Hall–Kier alpha value is -2.88. The predicted octanol–water partition coefficient (Wildman–Crippen LogP) is 2.69. The van der Waals surface area contributed by atoms with Crippen molar-refractivity contribution in [2.75, 3.05) is 31.1 Å². The Labute approximate surface area is 168 Å². The highest BCUT2D eigenvalue weighted by atomic mass is 35.5. The Kier molecular flexibility index (Phi) is 5.03. The second-order valence-electron chi connectivity index (χ2n) is 6.64. The van der Waals surface area contributed by atoms with Crippen LogP contribution < -0.4 is 4.90 Å². The van der Waals surface area contributed by atoms with Crippen molar-refractivity contribution >= 4 is 29.1 Å². The van der Waals surface area contributed by atoms with E-state index in [9.17, 15) is 18.0 Å². The van der Waals surface area contributed by atoms with Crippen LogP contribution in [0.2, 0.25) is 5.02 Å². The van der Waals surface area contributed by atoms with Gasteiger partial charge < -0.3 is 9.80 Å². The first-order valence-electron chi connectivity index (χ1n) is 8.86. The van der Waals surface area contributed by atoms with Gasteiger partial charge in [-0.25, -0.2) is 4.98 Å². The van der Waals surface area contributed by atoms with Gasteiger partial charge in [-0.3, -0.25) is 4.79 Å². The van der Waals surface area contributed by atoms with Crippen LogP contribution in [-0.4, -0.2) is 56.6 Å². The zero-order valence-corrected chi connectivity index (χ0v) is 15.9. The highest BCUT2D eigenvalue weighted by Gasteiger charge is 2.35. The number of rotatable bonds is 3. The molecule has 0 bridgehead atoms. The molecule has 29 heavy (non-hydrogen) atoms. The molecule has 4 rings (SSSR count). The molecule has 0 N–H and O–H groups in total. The lowest BCUT2D eigenvalue weighted by atomic mass is 10.1. The van der Waals surface area contributed by atoms with Gasteiger partial charge in [-0.1, -0.05) is 23.7 Å². The third-order valence-corrected chi connectivity index (χ3v) is 4.96. The van der Waals surface area contributed by atoms with E-state index in [1.807, 2.05) is 6.07 Å². The number of halogens is 4. The second-order valence-corrected chi connectivity index (χ2v) is 7.08. The molecule has 1 amide bonds. The topological polar surface area (TPSA) is 66.6 Å². The van der Waals surface area contributed by atoms with Crippen LogP contribution in [0.1, 0.15) is 11.3 Å². The lowest BCUT2D eigenvalue weighted by Crippen LogP contribution is -2.49. The van der Waals surface area contributed by atoms with E-state index in [0.29, 0.717) is 31.2 Å². The maximum atomic E-state index is 13.2. The van der Waals surface area contributed by atoms with E-state index >= 15 is 0 Å². The fourth-order valence-corrected chi connectivity index (χ4v) is 3.50. The summed E-state index contributed by atoms with van der Waals surface area (Å²) >= 11 is 5.95. The van der Waals surface area contributed by atoms with Gasteiger partial charge in [-0.2, -0.15) is 27.8 Å². The van der Waals surface area contributed by atoms with Crippen molar-refractivity contribution < 1.29 is 18.0 Å². The first-order chi connectivity index (χ1) is 13.8. The number of carbonyl (C=O) groups is 1. The summed E-state index contributed by atoms with van der Waals surface area (Å²) in [4.78, 5) is 23.3. The van der Waals surface area contributed by atoms with Crippen molar-refractivity contribution in [3.63, 3.8) is 0 Å². The fraction of sp³-hybridized carbons (Fsp3) is 0.333. The largest absolute Gasteiger partial charge is 0.433 e. The highest BCUT2D eigenvalue weighted by Crippen LogP contribution is 2.30. The summed E-state index contributed by atoms with van der Waals surface area (Å²) in [7, 11) is 0. The number of piperazine rings is 1. The maximum Gasteiger partial charge on any atom is 0.433 e. The number of aromatic nitrogens is 4. The summed E-state index contributed by atoms with van der Waals surface area (Å²) in [5.74, 6) is 0.0829. The van der Waals surface area contributed by atoms with Gasteiger partial charge in [0, 0.05) is 37.3 Å². The molecule has 0 aliphatic carbocycles. The van der Waals surface area contributed by atoms with Crippen molar-refractivity contribution in [2.45, 2.75) is 12.6 Å². The number of hydrogen-bond donors (Lipinski definition) is 0. The van der Waals surface area contributed by atoms with Crippen LogP contribution in [0.5, 0.6) is 0 Å². The molecule has 3 aromatic rings. The Bertz CT molecular complexity index is 1050. The molecular formula is C18H16ClF3N6O. The Balaban J connectivity index is 1.48. The smallest absolute Gasteiger partial charge is 0.353 e. The van der Waals surface area contributed by atoms with Gasteiger partial charge >= 0.3 is 6.18 Å². The monoisotopic (exact) mass is 424 g/mol. The number of fused-ring (bicyclic) bond motifs is 1. The molecule has 152 valence electrons. The number of anilines is 1. The molecule has 1 aliphatic rings. The van der Waals surface area contributed by atoms with E-state index in [0.717, 1.165) is 18.0 Å². The predicted molar refractivity (Wildman–Crippen MR) is 99.7 cm³/mol. The molecule has 1 aliphatic heterocycles. The standard InChI is InChI=1S/C18H16ClF3N6O/c19-13-3-1-2-12(8-13)9-16(29)27-6-4-26(5-7-27)15-10-14(18(20,21)22)25-17-23-11-24-28(15)17/h1-3,8,10-11H,4-7,9H2. The normalized spacial score (nSPS) is 15.2. The maximum absolute atomic E-state index is 13.2. The minimum absolute atomic E-state index is 0.0523. The van der Waals surface area contributed by atoms with Crippen LogP contribution >= 0.6 is 11.6 Å². The lowest BCUT2D eigenvalue weighted by Gasteiger charge is -2.36. The average molecular weight is 425 g/mol. The van der Waals surface area contributed by atoms with E-state index < -0.39 is 11.9 Å². The number of benzene rings is 1. The molecule has 2 aromatic heterocycles. The van der Waals surface area contributed by atoms with Crippen molar-refractivity contribution in [3.8, 4) is 0 Å². The van der Waals surface area contributed by atoms with Crippen LogP contribution in [-0.2, 0) is 17.4 Å². The summed E-state index contributed by atoms with van der Waals surface area (Å²) in [6, 6.07) is 8.06. The summed E-state index contributed by atoms with van der Waals surface area (Å²) in [6.07, 6.45) is -3.20. The second kappa shape index (κ2) is 7.51. The molecule has 3 heterocycles. The zero-order valence-electron chi connectivity index (χ0n) is 15.1. The quantitative estimate of drug-likeness (QED) is 0.646. The van der Waals surface area contributed by atoms with Gasteiger partial charge in [0.05, 0.1) is 6.42 Å². The van der Waals surface area contributed by atoms with Gasteiger partial charge in [-0.15, -0.1) is 0 Å². The summed E-state index contributed by atoms with van der Waals surface area (Å²) in [6.45, 7) is 1.52. The van der Waals surface area contributed by atoms with Gasteiger partial charge in [0.1, 0.15) is 12.1 Å². The summed E-state index contributed by atoms with van der Waals surface area (Å²) < 4.78 is 40.8. The first kappa shape index (κ1) is 19.4. The Morgan fingerprint density at radius 2 is 1.90 bits per heavy atom. The van der Waals surface area contributed by atoms with Crippen molar-refractivity contribution in [1.29, 1.82) is 0 Å². The highest BCUT2D eigenvalue weighted by molar-refractivity contribution is 6.30.